The predicted molar refractivity (Wildman–Crippen MR) is 124 cm³/mol. The molecule has 0 bridgehead atoms. The summed E-state index contributed by atoms with van der Waals surface area (Å²) >= 11 is 0. The lowest BCUT2D eigenvalue weighted by molar-refractivity contribution is -0.143. The molecule has 4 aliphatic rings. The fourth-order valence-corrected chi connectivity index (χ4v) is 6.58. The Morgan fingerprint density at radius 1 is 0.935 bits per heavy atom. The van der Waals surface area contributed by atoms with Crippen molar-refractivity contribution in [2.45, 2.75) is 76.2 Å². The number of nitrogens with zero attached hydrogens (tertiary/aromatic N) is 2. The van der Waals surface area contributed by atoms with Crippen LogP contribution in [-0.4, -0.2) is 59.6 Å². The van der Waals surface area contributed by atoms with E-state index in [1.54, 1.807) is 11.1 Å². The van der Waals surface area contributed by atoms with Crippen molar-refractivity contribution in [3.05, 3.63) is 35.4 Å². The van der Waals surface area contributed by atoms with Gasteiger partial charge in [0.15, 0.2) is 0 Å². The van der Waals surface area contributed by atoms with Crippen LogP contribution in [0.2, 0.25) is 0 Å². The maximum Gasteiger partial charge on any atom is 0.320 e. The first-order valence-corrected chi connectivity index (χ1v) is 12.9. The van der Waals surface area contributed by atoms with Crippen LogP contribution in [0.5, 0.6) is 0 Å². The maximum absolute atomic E-state index is 11.8. The van der Waals surface area contributed by atoms with E-state index < -0.39 is 5.97 Å². The number of piperidine rings is 1. The zero-order chi connectivity index (χ0) is 21.2. The third-order valence-corrected chi connectivity index (χ3v) is 8.70. The van der Waals surface area contributed by atoms with Gasteiger partial charge in [-0.2, -0.15) is 0 Å². The molecular formula is C27H40N2O2. The molecule has 170 valence electrons. The monoisotopic (exact) mass is 424 g/mol. The van der Waals surface area contributed by atoms with Crippen LogP contribution < -0.4 is 0 Å². The molecule has 3 unspecified atom stereocenters. The Bertz CT molecular complexity index is 753. The van der Waals surface area contributed by atoms with Gasteiger partial charge in [-0.3, -0.25) is 9.69 Å². The number of aryl methyl sites for hydroxylation is 1. The number of hydrogen-bond acceptors (Lipinski definition) is 3. The number of carboxylic acids is 1. The van der Waals surface area contributed by atoms with Gasteiger partial charge < -0.3 is 10.0 Å². The Morgan fingerprint density at radius 2 is 1.71 bits per heavy atom. The summed E-state index contributed by atoms with van der Waals surface area (Å²) in [7, 11) is 0. The van der Waals surface area contributed by atoms with Crippen LogP contribution in [0.1, 0.15) is 74.8 Å². The van der Waals surface area contributed by atoms with Gasteiger partial charge in [-0.1, -0.05) is 37.1 Å². The number of hydrogen-bond donors (Lipinski definition) is 1. The van der Waals surface area contributed by atoms with Crippen molar-refractivity contribution in [1.29, 1.82) is 0 Å². The van der Waals surface area contributed by atoms with Crippen LogP contribution in [0.4, 0.5) is 0 Å². The number of benzene rings is 1. The van der Waals surface area contributed by atoms with E-state index in [4.69, 9.17) is 0 Å². The highest BCUT2D eigenvalue weighted by atomic mass is 16.4. The molecule has 2 saturated heterocycles. The Hall–Kier alpha value is -1.39. The number of aliphatic carboxylic acids is 1. The first kappa shape index (κ1) is 21.5. The van der Waals surface area contributed by atoms with Crippen molar-refractivity contribution >= 4 is 5.97 Å². The molecule has 31 heavy (non-hydrogen) atoms. The van der Waals surface area contributed by atoms with E-state index in [1.807, 2.05) is 0 Å². The number of carboxylic acid groups (broad SMARTS) is 1. The van der Waals surface area contributed by atoms with Crippen LogP contribution in [0, 0.1) is 17.8 Å². The van der Waals surface area contributed by atoms with Gasteiger partial charge in [0.2, 0.25) is 0 Å². The van der Waals surface area contributed by atoms with E-state index in [-0.39, 0.29) is 6.04 Å². The number of likely N-dealkylation sites (tertiary alicyclic amines) is 2. The Balaban J connectivity index is 1.02. The number of carbonyl (C=O) groups is 1. The molecule has 3 fully saturated rings. The average molecular weight is 425 g/mol. The number of fused-ring (bicyclic) bond motifs is 1. The molecule has 4 heteroatoms. The van der Waals surface area contributed by atoms with E-state index in [0.717, 1.165) is 31.3 Å². The molecule has 0 amide bonds. The minimum Gasteiger partial charge on any atom is -0.480 e. The summed E-state index contributed by atoms with van der Waals surface area (Å²) in [6, 6.07) is 8.85. The van der Waals surface area contributed by atoms with Crippen LogP contribution in [-0.2, 0) is 11.2 Å². The molecule has 2 heterocycles. The molecule has 0 spiro atoms. The highest BCUT2D eigenvalue weighted by Gasteiger charge is 2.37. The van der Waals surface area contributed by atoms with Crippen molar-refractivity contribution in [3.8, 4) is 0 Å². The molecule has 1 aromatic carbocycles. The second-order valence-electron chi connectivity index (χ2n) is 10.9. The van der Waals surface area contributed by atoms with Crippen LogP contribution in [0.15, 0.2) is 24.3 Å². The van der Waals surface area contributed by atoms with Gasteiger partial charge in [0.1, 0.15) is 6.04 Å². The third-order valence-electron chi connectivity index (χ3n) is 8.70. The predicted octanol–water partition coefficient (Wildman–Crippen LogP) is 4.78. The van der Waals surface area contributed by atoms with Gasteiger partial charge in [-0.15, -0.1) is 0 Å². The van der Waals surface area contributed by atoms with E-state index in [2.05, 4.69) is 34.1 Å². The smallest absolute Gasteiger partial charge is 0.320 e. The van der Waals surface area contributed by atoms with Crippen molar-refractivity contribution in [2.24, 2.45) is 17.8 Å². The molecule has 0 radical (unpaired) electrons. The lowest BCUT2D eigenvalue weighted by Gasteiger charge is -2.34. The van der Waals surface area contributed by atoms with Gasteiger partial charge in [0.25, 0.3) is 0 Å². The minimum atomic E-state index is -0.599. The molecule has 1 N–H and O–H groups in total. The summed E-state index contributed by atoms with van der Waals surface area (Å²) in [5.41, 5.74) is 3.22. The maximum atomic E-state index is 11.8. The summed E-state index contributed by atoms with van der Waals surface area (Å²) in [4.78, 5) is 16.7. The fraction of sp³-hybridized carbons (Fsp3) is 0.741. The topological polar surface area (TPSA) is 43.8 Å². The molecule has 0 aromatic heterocycles. The molecule has 5 rings (SSSR count). The van der Waals surface area contributed by atoms with Gasteiger partial charge >= 0.3 is 5.97 Å². The highest BCUT2D eigenvalue weighted by molar-refractivity contribution is 5.73. The highest BCUT2D eigenvalue weighted by Crippen LogP contribution is 2.38. The van der Waals surface area contributed by atoms with Crippen molar-refractivity contribution in [3.63, 3.8) is 0 Å². The van der Waals surface area contributed by atoms with Crippen molar-refractivity contribution < 1.29 is 9.90 Å². The van der Waals surface area contributed by atoms with Crippen LogP contribution >= 0.6 is 0 Å². The Morgan fingerprint density at radius 3 is 2.48 bits per heavy atom. The zero-order valence-corrected chi connectivity index (χ0v) is 19.1. The largest absolute Gasteiger partial charge is 0.480 e. The summed E-state index contributed by atoms with van der Waals surface area (Å²) < 4.78 is 0. The summed E-state index contributed by atoms with van der Waals surface area (Å²) in [5.74, 6) is 2.44. The zero-order valence-electron chi connectivity index (χ0n) is 19.1. The molecule has 2 aliphatic heterocycles. The number of rotatable bonds is 9. The second kappa shape index (κ2) is 9.62. The van der Waals surface area contributed by atoms with Crippen LogP contribution in [0.25, 0.3) is 0 Å². The van der Waals surface area contributed by atoms with Gasteiger partial charge in [-0.25, -0.2) is 0 Å². The SMILES string of the molecule is O=C(O)C(CC1CC1)N1CCC(CN2CCC(CCC3CCc4ccccc43)CC2)C1. The quantitative estimate of drug-likeness (QED) is 0.619. The first-order valence-electron chi connectivity index (χ1n) is 12.9. The van der Waals surface area contributed by atoms with E-state index in [1.165, 1.54) is 77.4 Å². The third kappa shape index (κ3) is 5.34. The Kier molecular flexibility index (Phi) is 6.66. The van der Waals surface area contributed by atoms with E-state index >= 15 is 0 Å². The van der Waals surface area contributed by atoms with Gasteiger partial charge in [0, 0.05) is 13.1 Å². The molecule has 3 atom stereocenters. The second-order valence-corrected chi connectivity index (χ2v) is 10.9. The lowest BCUT2D eigenvalue weighted by Crippen LogP contribution is -2.41. The van der Waals surface area contributed by atoms with Crippen LogP contribution in [0.3, 0.4) is 0 Å². The molecule has 1 saturated carbocycles. The summed E-state index contributed by atoms with van der Waals surface area (Å²) in [6.45, 7) is 5.63. The normalized spacial score (nSPS) is 28.6. The molecule has 2 aliphatic carbocycles. The summed E-state index contributed by atoms with van der Waals surface area (Å²) in [5, 5.41) is 9.68. The summed E-state index contributed by atoms with van der Waals surface area (Å²) in [6.07, 6.45) is 12.6. The van der Waals surface area contributed by atoms with Crippen molar-refractivity contribution in [2.75, 3.05) is 32.7 Å². The minimum absolute atomic E-state index is 0.232. The Labute approximate surface area is 188 Å². The first-order chi connectivity index (χ1) is 15.2. The van der Waals surface area contributed by atoms with E-state index in [9.17, 15) is 9.90 Å². The molecule has 4 nitrogen and oxygen atoms in total. The van der Waals surface area contributed by atoms with Gasteiger partial charge in [-0.05, 0) is 106 Å². The van der Waals surface area contributed by atoms with Gasteiger partial charge in [0.05, 0.1) is 0 Å². The molecular weight excluding hydrogens is 384 g/mol. The van der Waals surface area contributed by atoms with E-state index in [0.29, 0.717) is 11.8 Å². The van der Waals surface area contributed by atoms with Crippen molar-refractivity contribution in [1.82, 2.24) is 9.80 Å². The lowest BCUT2D eigenvalue weighted by atomic mass is 9.86. The standard InChI is InChI=1S/C27H40N2O2/c30-27(31)26(17-21-5-6-21)29-16-13-22(19-29)18-28-14-11-20(12-15-28)7-8-24-10-9-23-3-1-2-4-25(23)24/h1-4,20-22,24,26H,5-19H2,(H,30,31). The molecule has 1 aromatic rings. The fourth-order valence-electron chi connectivity index (χ4n) is 6.58. The average Bonchev–Trinajstić information content (AvgIpc) is 3.33.